The highest BCUT2D eigenvalue weighted by atomic mass is 16.6. The van der Waals surface area contributed by atoms with Crippen LogP contribution in [0.5, 0.6) is 5.75 Å². The molecule has 92 valence electrons. The molecule has 1 aliphatic rings. The van der Waals surface area contributed by atoms with Crippen LogP contribution < -0.4 is 0 Å². The van der Waals surface area contributed by atoms with Gasteiger partial charge in [-0.15, -0.1) is 0 Å². The molecule has 1 aromatic rings. The van der Waals surface area contributed by atoms with Gasteiger partial charge in [0.15, 0.2) is 0 Å². The molecular weight excluding hydrogens is 222 g/mol. The first-order chi connectivity index (χ1) is 8.09. The second-order valence-electron chi connectivity index (χ2n) is 4.46. The Bertz CT molecular complexity index is 433. The summed E-state index contributed by atoms with van der Waals surface area (Å²) in [4.78, 5) is 10.2. The largest absolute Gasteiger partial charge is 0.508 e. The lowest BCUT2D eigenvalue weighted by Gasteiger charge is -2.28. The molecule has 17 heavy (non-hydrogen) atoms. The topological polar surface area (TPSA) is 83.6 Å². The highest BCUT2D eigenvalue weighted by Crippen LogP contribution is 2.38. The van der Waals surface area contributed by atoms with Gasteiger partial charge in [0, 0.05) is 23.6 Å². The fourth-order valence-corrected chi connectivity index (χ4v) is 2.43. The van der Waals surface area contributed by atoms with Crippen molar-refractivity contribution in [1.82, 2.24) is 0 Å². The molecule has 1 saturated carbocycles. The maximum atomic E-state index is 10.7. The third kappa shape index (κ3) is 2.39. The summed E-state index contributed by atoms with van der Waals surface area (Å²) in [6, 6.07) is 3.97. The van der Waals surface area contributed by atoms with E-state index in [4.69, 9.17) is 0 Å². The number of nitro benzene ring substituents is 1. The predicted molar refractivity (Wildman–Crippen MR) is 62.0 cm³/mol. The van der Waals surface area contributed by atoms with Gasteiger partial charge in [0.1, 0.15) is 5.75 Å². The van der Waals surface area contributed by atoms with Crippen LogP contribution in [0.15, 0.2) is 18.2 Å². The molecule has 0 amide bonds. The zero-order valence-electron chi connectivity index (χ0n) is 9.37. The van der Waals surface area contributed by atoms with Crippen molar-refractivity contribution in [2.24, 2.45) is 0 Å². The van der Waals surface area contributed by atoms with Crippen molar-refractivity contribution in [1.29, 1.82) is 0 Å². The molecule has 0 radical (unpaired) electrons. The van der Waals surface area contributed by atoms with Crippen LogP contribution in [0, 0.1) is 10.1 Å². The number of benzene rings is 1. The number of aliphatic hydroxyl groups excluding tert-OH is 1. The Balaban J connectivity index is 2.35. The Kier molecular flexibility index (Phi) is 3.28. The van der Waals surface area contributed by atoms with Crippen LogP contribution >= 0.6 is 0 Å². The van der Waals surface area contributed by atoms with Crippen LogP contribution in [-0.4, -0.2) is 21.2 Å². The summed E-state index contributed by atoms with van der Waals surface area (Å²) in [6.07, 6.45) is 2.87. The predicted octanol–water partition coefficient (Wildman–Crippen LogP) is 2.32. The van der Waals surface area contributed by atoms with Crippen LogP contribution in [0.25, 0.3) is 0 Å². The number of hydrogen-bond acceptors (Lipinski definition) is 4. The van der Waals surface area contributed by atoms with Gasteiger partial charge in [-0.3, -0.25) is 10.1 Å². The molecule has 5 nitrogen and oxygen atoms in total. The second-order valence-corrected chi connectivity index (χ2v) is 4.46. The molecule has 0 bridgehead atoms. The zero-order valence-corrected chi connectivity index (χ0v) is 9.37. The number of rotatable bonds is 2. The maximum Gasteiger partial charge on any atom is 0.269 e. The summed E-state index contributed by atoms with van der Waals surface area (Å²) < 4.78 is 0. The SMILES string of the molecule is O=[N+]([O-])c1ccc(O)c(C2CCCCC2O)c1. The quantitative estimate of drug-likeness (QED) is 0.610. The second kappa shape index (κ2) is 4.71. The first-order valence-electron chi connectivity index (χ1n) is 5.75. The van der Waals surface area contributed by atoms with Crippen molar-refractivity contribution >= 4 is 5.69 Å². The number of aromatic hydroxyl groups is 1. The summed E-state index contributed by atoms with van der Waals surface area (Å²) in [6.45, 7) is 0. The van der Waals surface area contributed by atoms with Crippen LogP contribution in [0.1, 0.15) is 37.2 Å². The minimum atomic E-state index is -0.517. The van der Waals surface area contributed by atoms with Gasteiger partial charge < -0.3 is 10.2 Å². The van der Waals surface area contributed by atoms with Crippen molar-refractivity contribution < 1.29 is 15.1 Å². The van der Waals surface area contributed by atoms with Gasteiger partial charge in [0.2, 0.25) is 0 Å². The van der Waals surface area contributed by atoms with E-state index in [1.54, 1.807) is 0 Å². The molecule has 2 rings (SSSR count). The Labute approximate surface area is 98.9 Å². The number of phenols is 1. The summed E-state index contributed by atoms with van der Waals surface area (Å²) in [5.74, 6) is -0.162. The zero-order chi connectivity index (χ0) is 12.4. The van der Waals surface area contributed by atoms with E-state index in [9.17, 15) is 20.3 Å². The van der Waals surface area contributed by atoms with E-state index in [2.05, 4.69) is 0 Å². The highest BCUT2D eigenvalue weighted by Gasteiger charge is 2.28. The Morgan fingerprint density at radius 3 is 2.65 bits per heavy atom. The third-order valence-electron chi connectivity index (χ3n) is 3.35. The Hall–Kier alpha value is -1.62. The van der Waals surface area contributed by atoms with Crippen molar-refractivity contribution in [3.8, 4) is 5.75 Å². The standard InChI is InChI=1S/C12H15NO4/c14-11-4-2-1-3-9(11)10-7-8(13(16)17)5-6-12(10)15/h5-7,9,11,14-15H,1-4H2. The molecule has 5 heteroatoms. The maximum absolute atomic E-state index is 10.7. The third-order valence-corrected chi connectivity index (χ3v) is 3.35. The first-order valence-corrected chi connectivity index (χ1v) is 5.75. The molecule has 2 atom stereocenters. The van der Waals surface area contributed by atoms with Crippen molar-refractivity contribution in [3.63, 3.8) is 0 Å². The Morgan fingerprint density at radius 1 is 1.29 bits per heavy atom. The summed E-state index contributed by atoms with van der Waals surface area (Å²) in [7, 11) is 0. The van der Waals surface area contributed by atoms with Crippen molar-refractivity contribution in [2.45, 2.75) is 37.7 Å². The molecule has 0 saturated heterocycles. The molecule has 0 spiro atoms. The fourth-order valence-electron chi connectivity index (χ4n) is 2.43. The lowest BCUT2D eigenvalue weighted by molar-refractivity contribution is -0.385. The molecule has 1 fully saturated rings. The van der Waals surface area contributed by atoms with Gasteiger partial charge >= 0.3 is 0 Å². The molecular formula is C12H15NO4. The van der Waals surface area contributed by atoms with E-state index in [0.717, 1.165) is 19.3 Å². The minimum absolute atomic E-state index is 0.0292. The van der Waals surface area contributed by atoms with Crippen LogP contribution in [-0.2, 0) is 0 Å². The number of nitro groups is 1. The summed E-state index contributed by atoms with van der Waals surface area (Å²) in [5, 5.41) is 30.3. The van der Waals surface area contributed by atoms with Gasteiger partial charge in [-0.25, -0.2) is 0 Å². The number of hydrogen-bond donors (Lipinski definition) is 2. The van der Waals surface area contributed by atoms with Crippen LogP contribution in [0.2, 0.25) is 0 Å². The molecule has 2 unspecified atom stereocenters. The average Bonchev–Trinajstić information content (AvgIpc) is 2.30. The number of nitrogens with zero attached hydrogens (tertiary/aromatic N) is 1. The lowest BCUT2D eigenvalue weighted by Crippen LogP contribution is -2.22. The average molecular weight is 237 g/mol. The van der Waals surface area contributed by atoms with Crippen molar-refractivity contribution in [2.75, 3.05) is 0 Å². The number of aliphatic hydroxyl groups is 1. The molecule has 0 aliphatic heterocycles. The monoisotopic (exact) mass is 237 g/mol. The first kappa shape index (κ1) is 11.9. The Morgan fingerprint density at radius 2 is 2.00 bits per heavy atom. The lowest BCUT2D eigenvalue weighted by atomic mass is 9.81. The van der Waals surface area contributed by atoms with Gasteiger partial charge in [-0.05, 0) is 18.9 Å². The van der Waals surface area contributed by atoms with Crippen LogP contribution in [0.4, 0.5) is 5.69 Å². The number of non-ortho nitro benzene ring substituents is 1. The molecule has 1 aliphatic carbocycles. The fraction of sp³-hybridized carbons (Fsp3) is 0.500. The normalized spacial score (nSPS) is 24.5. The summed E-state index contributed by atoms with van der Waals surface area (Å²) in [5.41, 5.74) is 0.446. The van der Waals surface area contributed by atoms with E-state index in [-0.39, 0.29) is 17.4 Å². The van der Waals surface area contributed by atoms with Crippen LogP contribution in [0.3, 0.4) is 0 Å². The van der Waals surface area contributed by atoms with Gasteiger partial charge in [0.05, 0.1) is 11.0 Å². The van der Waals surface area contributed by atoms with E-state index in [1.807, 2.05) is 0 Å². The minimum Gasteiger partial charge on any atom is -0.508 e. The summed E-state index contributed by atoms with van der Waals surface area (Å²) >= 11 is 0. The molecule has 0 aromatic heterocycles. The molecule has 2 N–H and O–H groups in total. The van der Waals surface area contributed by atoms with Gasteiger partial charge in [-0.1, -0.05) is 12.8 Å². The number of phenolic OH excluding ortho intramolecular Hbond substituents is 1. The highest BCUT2D eigenvalue weighted by molar-refractivity contribution is 5.45. The van der Waals surface area contributed by atoms with E-state index < -0.39 is 11.0 Å². The van der Waals surface area contributed by atoms with Gasteiger partial charge in [-0.2, -0.15) is 0 Å². The van der Waals surface area contributed by atoms with Crippen molar-refractivity contribution in [3.05, 3.63) is 33.9 Å². The van der Waals surface area contributed by atoms with E-state index in [0.29, 0.717) is 12.0 Å². The van der Waals surface area contributed by atoms with E-state index in [1.165, 1.54) is 18.2 Å². The smallest absolute Gasteiger partial charge is 0.269 e. The molecule has 1 aromatic carbocycles. The van der Waals surface area contributed by atoms with Gasteiger partial charge in [0.25, 0.3) is 5.69 Å². The van der Waals surface area contributed by atoms with E-state index >= 15 is 0 Å². The molecule has 0 heterocycles.